The van der Waals surface area contributed by atoms with Crippen molar-refractivity contribution in [3.8, 4) is 0 Å². The Hall–Kier alpha value is -0.590. The zero-order valence-electron chi connectivity index (χ0n) is 8.47. The second-order valence-electron chi connectivity index (χ2n) is 3.58. The zero-order chi connectivity index (χ0) is 9.56. The summed E-state index contributed by atoms with van der Waals surface area (Å²) in [5.74, 6) is 1.18. The van der Waals surface area contributed by atoms with Crippen molar-refractivity contribution in [2.24, 2.45) is 11.8 Å². The molecule has 0 spiro atoms. The van der Waals surface area contributed by atoms with E-state index in [9.17, 15) is 4.79 Å². The van der Waals surface area contributed by atoms with E-state index in [1.54, 1.807) is 0 Å². The summed E-state index contributed by atoms with van der Waals surface area (Å²) in [6.07, 6.45) is 3.80. The molecule has 1 heteroatoms. The summed E-state index contributed by atoms with van der Waals surface area (Å²) in [6.45, 7) is 10.4. The van der Waals surface area contributed by atoms with Gasteiger partial charge in [0.25, 0.3) is 0 Å². The van der Waals surface area contributed by atoms with E-state index < -0.39 is 0 Å². The average Bonchev–Trinajstić information content (AvgIpc) is 2.04. The van der Waals surface area contributed by atoms with Crippen molar-refractivity contribution in [1.29, 1.82) is 0 Å². The highest BCUT2D eigenvalue weighted by Gasteiger charge is 2.15. The van der Waals surface area contributed by atoms with Crippen LogP contribution in [0.4, 0.5) is 0 Å². The molecule has 0 N–H and O–H groups in total. The van der Waals surface area contributed by atoms with Crippen LogP contribution in [0.25, 0.3) is 0 Å². The van der Waals surface area contributed by atoms with Crippen molar-refractivity contribution < 1.29 is 4.79 Å². The molecule has 0 heterocycles. The SMILES string of the molecule is C=C(C)C(CCC=O)C(C)CC. The van der Waals surface area contributed by atoms with E-state index in [2.05, 4.69) is 27.4 Å². The molecular formula is C11H20O. The van der Waals surface area contributed by atoms with Crippen LogP contribution in [0.3, 0.4) is 0 Å². The van der Waals surface area contributed by atoms with E-state index in [4.69, 9.17) is 0 Å². The predicted molar refractivity (Wildman–Crippen MR) is 53.1 cm³/mol. The molecule has 0 amide bonds. The zero-order valence-corrected chi connectivity index (χ0v) is 8.47. The van der Waals surface area contributed by atoms with Gasteiger partial charge < -0.3 is 4.79 Å². The minimum atomic E-state index is 0.528. The van der Waals surface area contributed by atoms with Crippen molar-refractivity contribution in [3.05, 3.63) is 12.2 Å². The lowest BCUT2D eigenvalue weighted by Gasteiger charge is -2.22. The minimum absolute atomic E-state index is 0.528. The topological polar surface area (TPSA) is 17.1 Å². The molecule has 2 unspecified atom stereocenters. The van der Waals surface area contributed by atoms with Crippen LogP contribution in [0, 0.1) is 11.8 Å². The van der Waals surface area contributed by atoms with E-state index in [1.807, 2.05) is 0 Å². The van der Waals surface area contributed by atoms with Gasteiger partial charge in [0.15, 0.2) is 0 Å². The van der Waals surface area contributed by atoms with Gasteiger partial charge in [0.1, 0.15) is 6.29 Å². The van der Waals surface area contributed by atoms with Gasteiger partial charge in [-0.2, -0.15) is 0 Å². The molecule has 0 aromatic carbocycles. The first-order valence-corrected chi connectivity index (χ1v) is 4.72. The monoisotopic (exact) mass is 168 g/mol. The number of hydrogen-bond acceptors (Lipinski definition) is 1. The molecule has 0 aromatic rings. The van der Waals surface area contributed by atoms with Gasteiger partial charge in [0, 0.05) is 6.42 Å². The Morgan fingerprint density at radius 2 is 2.17 bits per heavy atom. The summed E-state index contributed by atoms with van der Waals surface area (Å²) in [5, 5.41) is 0. The van der Waals surface area contributed by atoms with Crippen molar-refractivity contribution >= 4 is 6.29 Å². The Morgan fingerprint density at radius 3 is 2.50 bits per heavy atom. The number of hydrogen-bond donors (Lipinski definition) is 0. The molecule has 2 atom stereocenters. The Morgan fingerprint density at radius 1 is 1.58 bits per heavy atom. The fourth-order valence-corrected chi connectivity index (χ4v) is 1.55. The molecule has 0 aliphatic rings. The van der Waals surface area contributed by atoms with Crippen LogP contribution >= 0.6 is 0 Å². The quantitative estimate of drug-likeness (QED) is 0.439. The highest BCUT2D eigenvalue weighted by atomic mass is 16.1. The maximum Gasteiger partial charge on any atom is 0.120 e. The molecule has 0 radical (unpaired) electrons. The molecule has 12 heavy (non-hydrogen) atoms. The lowest BCUT2D eigenvalue weighted by molar-refractivity contribution is -0.108. The van der Waals surface area contributed by atoms with Crippen molar-refractivity contribution in [2.75, 3.05) is 0 Å². The predicted octanol–water partition coefficient (Wildman–Crippen LogP) is 3.20. The van der Waals surface area contributed by atoms with Gasteiger partial charge in [0.2, 0.25) is 0 Å². The van der Waals surface area contributed by atoms with Crippen molar-refractivity contribution in [1.82, 2.24) is 0 Å². The number of carbonyl (C=O) groups is 1. The third-order valence-corrected chi connectivity index (χ3v) is 2.56. The van der Waals surface area contributed by atoms with Crippen LogP contribution in [0.15, 0.2) is 12.2 Å². The van der Waals surface area contributed by atoms with Crippen LogP contribution in [0.2, 0.25) is 0 Å². The van der Waals surface area contributed by atoms with E-state index in [-0.39, 0.29) is 0 Å². The molecule has 0 aliphatic heterocycles. The van der Waals surface area contributed by atoms with Crippen molar-refractivity contribution in [3.63, 3.8) is 0 Å². The van der Waals surface area contributed by atoms with E-state index in [0.717, 1.165) is 19.1 Å². The highest BCUT2D eigenvalue weighted by Crippen LogP contribution is 2.25. The summed E-state index contributed by atoms with van der Waals surface area (Å²) >= 11 is 0. The lowest BCUT2D eigenvalue weighted by atomic mass is 9.83. The molecule has 0 fully saturated rings. The molecule has 0 saturated carbocycles. The Balaban J connectivity index is 4.02. The third-order valence-electron chi connectivity index (χ3n) is 2.56. The lowest BCUT2D eigenvalue weighted by Crippen LogP contribution is -2.12. The smallest absolute Gasteiger partial charge is 0.120 e. The molecule has 70 valence electrons. The van der Waals surface area contributed by atoms with Crippen molar-refractivity contribution in [2.45, 2.75) is 40.0 Å². The third kappa shape index (κ3) is 3.70. The van der Waals surface area contributed by atoms with E-state index in [0.29, 0.717) is 18.3 Å². The number of aldehydes is 1. The van der Waals surface area contributed by atoms with Gasteiger partial charge in [-0.1, -0.05) is 32.4 Å². The minimum Gasteiger partial charge on any atom is -0.303 e. The standard InChI is InChI=1S/C11H20O/c1-5-10(4)11(9(2)3)7-6-8-12/h8,10-11H,2,5-7H2,1,3-4H3. The molecule has 0 saturated heterocycles. The highest BCUT2D eigenvalue weighted by molar-refractivity contribution is 5.49. The van der Waals surface area contributed by atoms with E-state index >= 15 is 0 Å². The number of carbonyl (C=O) groups excluding carboxylic acids is 1. The summed E-state index contributed by atoms with van der Waals surface area (Å²) < 4.78 is 0. The summed E-state index contributed by atoms with van der Waals surface area (Å²) in [4.78, 5) is 10.2. The second kappa shape index (κ2) is 5.99. The Labute approximate surface area is 75.9 Å². The summed E-state index contributed by atoms with van der Waals surface area (Å²) in [6, 6.07) is 0. The van der Waals surface area contributed by atoms with Crippen LogP contribution in [0.5, 0.6) is 0 Å². The van der Waals surface area contributed by atoms with Gasteiger partial charge in [-0.15, -0.1) is 0 Å². The van der Waals surface area contributed by atoms with Gasteiger partial charge in [0.05, 0.1) is 0 Å². The molecule has 0 aliphatic carbocycles. The number of rotatable bonds is 6. The van der Waals surface area contributed by atoms with Gasteiger partial charge in [-0.05, 0) is 25.2 Å². The molecule has 0 bridgehead atoms. The maximum atomic E-state index is 10.2. The van der Waals surface area contributed by atoms with Gasteiger partial charge in [-0.3, -0.25) is 0 Å². The summed E-state index contributed by atoms with van der Waals surface area (Å²) in [7, 11) is 0. The average molecular weight is 168 g/mol. The molecular weight excluding hydrogens is 148 g/mol. The summed E-state index contributed by atoms with van der Waals surface area (Å²) in [5.41, 5.74) is 1.21. The van der Waals surface area contributed by atoms with Crippen LogP contribution in [-0.4, -0.2) is 6.29 Å². The van der Waals surface area contributed by atoms with Gasteiger partial charge >= 0.3 is 0 Å². The van der Waals surface area contributed by atoms with Crippen LogP contribution in [0.1, 0.15) is 40.0 Å². The Kier molecular flexibility index (Phi) is 5.69. The second-order valence-corrected chi connectivity index (χ2v) is 3.58. The fraction of sp³-hybridized carbons (Fsp3) is 0.727. The first-order chi connectivity index (χ1) is 5.63. The molecule has 1 nitrogen and oxygen atoms in total. The molecule has 0 rings (SSSR count). The van der Waals surface area contributed by atoms with E-state index in [1.165, 1.54) is 5.57 Å². The van der Waals surface area contributed by atoms with Crippen LogP contribution in [-0.2, 0) is 4.79 Å². The van der Waals surface area contributed by atoms with Gasteiger partial charge in [-0.25, -0.2) is 0 Å². The fourth-order valence-electron chi connectivity index (χ4n) is 1.55. The normalized spacial score (nSPS) is 15.2. The maximum absolute atomic E-state index is 10.2. The number of allylic oxidation sites excluding steroid dienone is 1. The first kappa shape index (κ1) is 11.4. The Bertz CT molecular complexity index is 149. The largest absolute Gasteiger partial charge is 0.303 e. The van der Waals surface area contributed by atoms with Crippen LogP contribution < -0.4 is 0 Å². The first-order valence-electron chi connectivity index (χ1n) is 4.72. The molecule has 0 aromatic heterocycles.